The zero-order chi connectivity index (χ0) is 22.5. The summed E-state index contributed by atoms with van der Waals surface area (Å²) in [5.41, 5.74) is 2.37. The number of amides is 1. The molecule has 4 rings (SSSR count). The van der Waals surface area contributed by atoms with Crippen LogP contribution >= 0.6 is 0 Å². The number of para-hydroxylation sites is 1. The second kappa shape index (κ2) is 9.22. The van der Waals surface area contributed by atoms with E-state index in [4.69, 9.17) is 18.7 Å². The Balaban J connectivity index is 1.57. The van der Waals surface area contributed by atoms with Crippen molar-refractivity contribution >= 4 is 11.6 Å². The molecule has 32 heavy (non-hydrogen) atoms. The van der Waals surface area contributed by atoms with E-state index in [1.807, 2.05) is 30.3 Å². The highest BCUT2D eigenvalue weighted by Crippen LogP contribution is 2.30. The molecule has 0 fully saturated rings. The lowest BCUT2D eigenvalue weighted by Gasteiger charge is -2.09. The summed E-state index contributed by atoms with van der Waals surface area (Å²) in [6.45, 7) is 0. The smallest absolute Gasteiger partial charge is 0.258 e. The van der Waals surface area contributed by atoms with Crippen LogP contribution in [0.4, 0.5) is 5.69 Å². The van der Waals surface area contributed by atoms with Gasteiger partial charge in [-0.05, 0) is 42.5 Å². The molecule has 0 spiro atoms. The van der Waals surface area contributed by atoms with E-state index in [0.29, 0.717) is 45.8 Å². The molecule has 1 aromatic heterocycles. The van der Waals surface area contributed by atoms with Gasteiger partial charge in [0.2, 0.25) is 5.82 Å². The maximum atomic E-state index is 12.8. The van der Waals surface area contributed by atoms with Crippen molar-refractivity contribution in [2.75, 3.05) is 26.6 Å². The number of carbonyl (C=O) groups is 1. The molecule has 0 aliphatic rings. The predicted octanol–water partition coefficient (Wildman–Crippen LogP) is 4.68. The van der Waals surface area contributed by atoms with Gasteiger partial charge < -0.3 is 24.1 Å². The number of carbonyl (C=O) groups excluding carboxylic acids is 1. The van der Waals surface area contributed by atoms with Gasteiger partial charge in [-0.3, -0.25) is 4.79 Å². The summed E-state index contributed by atoms with van der Waals surface area (Å²) < 4.78 is 21.3. The zero-order valence-electron chi connectivity index (χ0n) is 17.8. The largest absolute Gasteiger partial charge is 0.497 e. The van der Waals surface area contributed by atoms with Crippen molar-refractivity contribution in [3.8, 4) is 40.1 Å². The van der Waals surface area contributed by atoms with Crippen molar-refractivity contribution in [3.05, 3.63) is 72.3 Å². The second-order valence-electron chi connectivity index (χ2n) is 6.76. The van der Waals surface area contributed by atoms with Gasteiger partial charge in [0.05, 0.1) is 26.9 Å². The highest BCUT2D eigenvalue weighted by atomic mass is 16.5. The molecule has 8 heteroatoms. The molecule has 0 aliphatic carbocycles. The van der Waals surface area contributed by atoms with E-state index in [2.05, 4.69) is 15.5 Å². The molecule has 0 saturated heterocycles. The lowest BCUT2D eigenvalue weighted by Crippen LogP contribution is -2.12. The van der Waals surface area contributed by atoms with Gasteiger partial charge in [0.15, 0.2) is 0 Å². The van der Waals surface area contributed by atoms with E-state index in [0.717, 1.165) is 5.56 Å². The molecule has 3 aromatic carbocycles. The van der Waals surface area contributed by atoms with Crippen LogP contribution < -0.4 is 19.5 Å². The number of hydrogen-bond acceptors (Lipinski definition) is 7. The van der Waals surface area contributed by atoms with E-state index in [1.54, 1.807) is 43.5 Å². The summed E-state index contributed by atoms with van der Waals surface area (Å²) >= 11 is 0. The molecule has 8 nitrogen and oxygen atoms in total. The lowest BCUT2D eigenvalue weighted by atomic mass is 10.1. The Morgan fingerprint density at radius 2 is 1.62 bits per heavy atom. The van der Waals surface area contributed by atoms with Gasteiger partial charge in [-0.25, -0.2) is 0 Å². The van der Waals surface area contributed by atoms with Crippen LogP contribution in [0.2, 0.25) is 0 Å². The number of benzene rings is 3. The number of aromatic nitrogens is 2. The first kappa shape index (κ1) is 20.9. The van der Waals surface area contributed by atoms with Gasteiger partial charge in [-0.2, -0.15) is 4.98 Å². The number of anilines is 1. The van der Waals surface area contributed by atoms with Crippen molar-refractivity contribution in [3.63, 3.8) is 0 Å². The average molecular weight is 431 g/mol. The summed E-state index contributed by atoms with van der Waals surface area (Å²) in [4.78, 5) is 17.2. The predicted molar refractivity (Wildman–Crippen MR) is 119 cm³/mol. The Hall–Kier alpha value is -4.33. The number of hydrogen-bond donors (Lipinski definition) is 1. The van der Waals surface area contributed by atoms with Crippen LogP contribution in [0.1, 0.15) is 10.4 Å². The maximum absolute atomic E-state index is 12.8. The fourth-order valence-corrected chi connectivity index (χ4v) is 3.15. The molecule has 0 aliphatic heterocycles. The van der Waals surface area contributed by atoms with Gasteiger partial charge in [0.25, 0.3) is 11.8 Å². The topological polar surface area (TPSA) is 95.7 Å². The Morgan fingerprint density at radius 3 is 2.34 bits per heavy atom. The minimum Gasteiger partial charge on any atom is -0.497 e. The fourth-order valence-electron chi connectivity index (χ4n) is 3.15. The van der Waals surface area contributed by atoms with Gasteiger partial charge in [-0.1, -0.05) is 23.4 Å². The number of nitrogens with zero attached hydrogens (tertiary/aromatic N) is 2. The third kappa shape index (κ3) is 4.39. The summed E-state index contributed by atoms with van der Waals surface area (Å²) in [5, 5.41) is 6.93. The molecular formula is C24H21N3O5. The second-order valence-corrected chi connectivity index (χ2v) is 6.76. The van der Waals surface area contributed by atoms with Crippen molar-refractivity contribution in [1.82, 2.24) is 10.1 Å². The maximum Gasteiger partial charge on any atom is 0.258 e. The molecule has 1 heterocycles. The summed E-state index contributed by atoms with van der Waals surface area (Å²) in [6.07, 6.45) is 0. The zero-order valence-corrected chi connectivity index (χ0v) is 17.8. The Kier molecular flexibility index (Phi) is 6.03. The molecule has 0 atom stereocenters. The van der Waals surface area contributed by atoms with Crippen molar-refractivity contribution in [2.24, 2.45) is 0 Å². The van der Waals surface area contributed by atoms with Crippen molar-refractivity contribution in [1.29, 1.82) is 0 Å². The summed E-state index contributed by atoms with van der Waals surface area (Å²) in [7, 11) is 4.65. The molecule has 0 radical (unpaired) electrons. The SMILES string of the molecule is COc1cc(OC)cc(C(=O)Nc2cccc(-c3nc(-c4ccccc4OC)no3)c2)c1. The van der Waals surface area contributed by atoms with Crippen LogP contribution in [0, 0.1) is 0 Å². The quantitative estimate of drug-likeness (QED) is 0.454. The standard InChI is InChI=1S/C24H21N3O5/c1-29-18-12-16(13-19(14-18)30-2)23(28)25-17-8-6-7-15(11-17)24-26-22(27-32-24)20-9-4-5-10-21(20)31-3/h4-14H,1-3H3,(H,25,28). The highest BCUT2D eigenvalue weighted by molar-refractivity contribution is 6.05. The minimum atomic E-state index is -0.306. The molecule has 0 saturated carbocycles. The first-order valence-electron chi connectivity index (χ1n) is 9.73. The molecule has 0 unspecified atom stereocenters. The highest BCUT2D eigenvalue weighted by Gasteiger charge is 2.15. The van der Waals surface area contributed by atoms with Crippen LogP contribution in [-0.4, -0.2) is 37.4 Å². The third-order valence-electron chi connectivity index (χ3n) is 4.75. The normalized spacial score (nSPS) is 10.5. The van der Waals surface area contributed by atoms with Gasteiger partial charge in [0.1, 0.15) is 17.2 Å². The lowest BCUT2D eigenvalue weighted by molar-refractivity contribution is 0.102. The van der Waals surface area contributed by atoms with Crippen LogP contribution in [0.3, 0.4) is 0 Å². The number of rotatable bonds is 7. The summed E-state index contributed by atoms with van der Waals surface area (Å²) in [6, 6.07) is 19.6. The first-order chi connectivity index (χ1) is 15.6. The van der Waals surface area contributed by atoms with Crippen molar-refractivity contribution < 1.29 is 23.5 Å². The molecular weight excluding hydrogens is 410 g/mol. The Labute approximate surface area is 184 Å². The monoisotopic (exact) mass is 431 g/mol. The van der Waals surface area contributed by atoms with Crippen LogP contribution in [0.15, 0.2) is 71.3 Å². The van der Waals surface area contributed by atoms with E-state index in [1.165, 1.54) is 14.2 Å². The van der Waals surface area contributed by atoms with Crippen LogP contribution in [0.5, 0.6) is 17.2 Å². The molecule has 4 aromatic rings. The molecule has 0 bridgehead atoms. The Bertz CT molecular complexity index is 1230. The summed E-state index contributed by atoms with van der Waals surface area (Å²) in [5.74, 6) is 2.13. The molecule has 1 amide bonds. The van der Waals surface area contributed by atoms with Gasteiger partial charge in [-0.15, -0.1) is 0 Å². The van der Waals surface area contributed by atoms with E-state index < -0.39 is 0 Å². The van der Waals surface area contributed by atoms with Crippen LogP contribution in [0.25, 0.3) is 22.8 Å². The van der Waals surface area contributed by atoms with E-state index in [-0.39, 0.29) is 5.91 Å². The number of ether oxygens (including phenoxy) is 3. The first-order valence-corrected chi connectivity index (χ1v) is 9.73. The number of methoxy groups -OCH3 is 3. The van der Waals surface area contributed by atoms with Gasteiger partial charge >= 0.3 is 0 Å². The minimum absolute atomic E-state index is 0.306. The number of nitrogens with one attached hydrogen (secondary N) is 1. The van der Waals surface area contributed by atoms with Gasteiger partial charge in [0, 0.05) is 22.9 Å². The fraction of sp³-hybridized carbons (Fsp3) is 0.125. The van der Waals surface area contributed by atoms with E-state index in [9.17, 15) is 4.79 Å². The third-order valence-corrected chi connectivity index (χ3v) is 4.75. The Morgan fingerprint density at radius 1 is 0.875 bits per heavy atom. The van der Waals surface area contributed by atoms with Crippen molar-refractivity contribution in [2.45, 2.75) is 0 Å². The van der Waals surface area contributed by atoms with E-state index >= 15 is 0 Å². The molecule has 1 N–H and O–H groups in total. The van der Waals surface area contributed by atoms with Crippen LogP contribution in [-0.2, 0) is 0 Å². The average Bonchev–Trinajstić information content (AvgIpc) is 3.34. The molecule has 162 valence electrons.